The van der Waals surface area contributed by atoms with Gasteiger partial charge < -0.3 is 4.43 Å². The molecule has 0 saturated carbocycles. The van der Waals surface area contributed by atoms with Gasteiger partial charge >= 0.3 is 0 Å². The summed E-state index contributed by atoms with van der Waals surface area (Å²) >= 11 is 0. The summed E-state index contributed by atoms with van der Waals surface area (Å²) in [4.78, 5) is 0. The predicted octanol–water partition coefficient (Wildman–Crippen LogP) is 8.04. The van der Waals surface area contributed by atoms with Gasteiger partial charge in [0.05, 0.1) is 6.61 Å². The molecule has 0 aliphatic rings. The number of allylic oxidation sites excluding steroid dienone is 3. The second-order valence-electron chi connectivity index (χ2n) is 7.68. The lowest BCUT2D eigenvalue weighted by Crippen LogP contribution is -2.38. The maximum absolute atomic E-state index is 6.68. The van der Waals surface area contributed by atoms with Gasteiger partial charge in [-0.05, 0) is 51.7 Å². The van der Waals surface area contributed by atoms with E-state index >= 15 is 0 Å². The molecule has 0 unspecified atom stereocenters. The summed E-state index contributed by atoms with van der Waals surface area (Å²) in [5.41, 5.74) is 2.90. The average molecular weight is 353 g/mol. The van der Waals surface area contributed by atoms with Gasteiger partial charge in [-0.2, -0.15) is 0 Å². The smallest absolute Gasteiger partial charge is 0.193 e. The van der Waals surface area contributed by atoms with Gasteiger partial charge in [0, 0.05) is 0 Å². The standard InChI is InChI=1S/C22H44OSi/c1-7-10-18-24(19-11-8-2,20-12-9-3)23-17-16-22(6)15-13-14-21(4)5/h14,16H,7-13,15,17-20H2,1-6H3. The van der Waals surface area contributed by atoms with Crippen LogP contribution in [-0.4, -0.2) is 14.9 Å². The minimum absolute atomic E-state index is 0.851. The number of hydrogen-bond acceptors (Lipinski definition) is 1. The van der Waals surface area contributed by atoms with E-state index in [-0.39, 0.29) is 0 Å². The first-order valence-electron chi connectivity index (χ1n) is 10.4. The molecule has 0 N–H and O–H groups in total. The van der Waals surface area contributed by atoms with Crippen molar-refractivity contribution in [2.24, 2.45) is 0 Å². The van der Waals surface area contributed by atoms with E-state index in [1.165, 1.54) is 74.2 Å². The lowest BCUT2D eigenvalue weighted by atomic mass is 10.1. The number of hydrogen-bond donors (Lipinski definition) is 0. The second kappa shape index (κ2) is 15.0. The van der Waals surface area contributed by atoms with Crippen LogP contribution >= 0.6 is 0 Å². The molecule has 1 nitrogen and oxygen atoms in total. The Hall–Kier alpha value is -0.343. The van der Waals surface area contributed by atoms with Crippen LogP contribution < -0.4 is 0 Å². The molecule has 0 radical (unpaired) electrons. The molecule has 0 bridgehead atoms. The Kier molecular flexibility index (Phi) is 14.7. The van der Waals surface area contributed by atoms with Crippen LogP contribution in [0.25, 0.3) is 0 Å². The molecule has 0 aromatic heterocycles. The number of rotatable bonds is 15. The van der Waals surface area contributed by atoms with E-state index < -0.39 is 8.32 Å². The Balaban J connectivity index is 4.66. The van der Waals surface area contributed by atoms with Gasteiger partial charge in [0.15, 0.2) is 8.32 Å². The zero-order valence-corrected chi connectivity index (χ0v) is 18.5. The molecule has 0 fully saturated rings. The monoisotopic (exact) mass is 352 g/mol. The molecule has 24 heavy (non-hydrogen) atoms. The second-order valence-corrected chi connectivity index (χ2v) is 11.8. The van der Waals surface area contributed by atoms with Crippen LogP contribution in [0.1, 0.15) is 92.9 Å². The first-order chi connectivity index (χ1) is 11.5. The normalized spacial score (nSPS) is 12.5. The molecule has 142 valence electrons. The van der Waals surface area contributed by atoms with Crippen LogP contribution in [0.3, 0.4) is 0 Å². The fraction of sp³-hybridized carbons (Fsp3) is 0.818. The maximum atomic E-state index is 6.68. The quantitative estimate of drug-likeness (QED) is 0.214. The van der Waals surface area contributed by atoms with Crippen molar-refractivity contribution in [1.82, 2.24) is 0 Å². The van der Waals surface area contributed by atoms with Crippen molar-refractivity contribution in [2.45, 2.75) is 111 Å². The lowest BCUT2D eigenvalue weighted by Gasteiger charge is -2.31. The van der Waals surface area contributed by atoms with E-state index in [1.54, 1.807) is 0 Å². The highest BCUT2D eigenvalue weighted by Crippen LogP contribution is 2.29. The Morgan fingerprint density at radius 1 is 0.792 bits per heavy atom. The minimum Gasteiger partial charge on any atom is -0.413 e. The molecule has 0 aliphatic heterocycles. The van der Waals surface area contributed by atoms with Crippen molar-refractivity contribution in [1.29, 1.82) is 0 Å². The summed E-state index contributed by atoms with van der Waals surface area (Å²) in [6, 6.07) is 4.11. The Morgan fingerprint density at radius 2 is 1.29 bits per heavy atom. The zero-order chi connectivity index (χ0) is 18.3. The van der Waals surface area contributed by atoms with Gasteiger partial charge in [0.25, 0.3) is 0 Å². The third-order valence-electron chi connectivity index (χ3n) is 4.87. The van der Waals surface area contributed by atoms with Crippen molar-refractivity contribution >= 4 is 8.32 Å². The Bertz CT molecular complexity index is 331. The van der Waals surface area contributed by atoms with Crippen molar-refractivity contribution in [3.8, 4) is 0 Å². The molecular weight excluding hydrogens is 308 g/mol. The topological polar surface area (TPSA) is 9.23 Å². The van der Waals surface area contributed by atoms with Crippen molar-refractivity contribution in [2.75, 3.05) is 6.61 Å². The van der Waals surface area contributed by atoms with E-state index in [0.717, 1.165) is 13.0 Å². The largest absolute Gasteiger partial charge is 0.413 e. The van der Waals surface area contributed by atoms with Gasteiger partial charge in [-0.25, -0.2) is 0 Å². The van der Waals surface area contributed by atoms with Crippen LogP contribution in [0, 0.1) is 0 Å². The van der Waals surface area contributed by atoms with Crippen LogP contribution in [0.5, 0.6) is 0 Å². The Morgan fingerprint density at radius 3 is 1.71 bits per heavy atom. The predicted molar refractivity (Wildman–Crippen MR) is 113 cm³/mol. The summed E-state index contributed by atoms with van der Waals surface area (Å²) in [5.74, 6) is 0. The van der Waals surface area contributed by atoms with E-state index in [9.17, 15) is 0 Å². The van der Waals surface area contributed by atoms with E-state index in [4.69, 9.17) is 4.43 Å². The molecule has 2 heteroatoms. The molecule has 0 rings (SSSR count). The van der Waals surface area contributed by atoms with Crippen LogP contribution in [0.2, 0.25) is 18.1 Å². The molecule has 0 aromatic rings. The van der Waals surface area contributed by atoms with Gasteiger partial charge in [-0.3, -0.25) is 0 Å². The zero-order valence-electron chi connectivity index (χ0n) is 17.5. The first-order valence-corrected chi connectivity index (χ1v) is 13.0. The molecule has 0 aromatic carbocycles. The fourth-order valence-corrected chi connectivity index (χ4v) is 7.75. The Labute approximate surface area is 154 Å². The van der Waals surface area contributed by atoms with Crippen LogP contribution in [0.15, 0.2) is 23.3 Å². The van der Waals surface area contributed by atoms with Crippen LogP contribution in [-0.2, 0) is 4.43 Å². The SMILES string of the molecule is CCCC[Si](CCCC)(CCCC)OCC=C(C)CCC=C(C)C. The average Bonchev–Trinajstić information content (AvgIpc) is 2.55. The molecule has 0 aliphatic carbocycles. The summed E-state index contributed by atoms with van der Waals surface area (Å²) in [7, 11) is -1.53. The van der Waals surface area contributed by atoms with E-state index in [0.29, 0.717) is 0 Å². The maximum Gasteiger partial charge on any atom is 0.193 e. The van der Waals surface area contributed by atoms with Gasteiger partial charge in [-0.15, -0.1) is 0 Å². The van der Waals surface area contributed by atoms with Gasteiger partial charge in [0.2, 0.25) is 0 Å². The molecule has 0 heterocycles. The van der Waals surface area contributed by atoms with Crippen molar-refractivity contribution in [3.63, 3.8) is 0 Å². The van der Waals surface area contributed by atoms with E-state index in [1.807, 2.05) is 0 Å². The summed E-state index contributed by atoms with van der Waals surface area (Å²) in [6.45, 7) is 14.4. The first kappa shape index (κ1) is 23.7. The van der Waals surface area contributed by atoms with Crippen LogP contribution in [0.4, 0.5) is 0 Å². The highest BCUT2D eigenvalue weighted by Gasteiger charge is 2.32. The van der Waals surface area contributed by atoms with Gasteiger partial charge in [0.1, 0.15) is 0 Å². The summed E-state index contributed by atoms with van der Waals surface area (Å²) in [5, 5.41) is 0. The van der Waals surface area contributed by atoms with Crippen molar-refractivity contribution < 1.29 is 4.43 Å². The highest BCUT2D eigenvalue weighted by atomic mass is 28.4. The summed E-state index contributed by atoms with van der Waals surface area (Å²) < 4.78 is 6.68. The third-order valence-corrected chi connectivity index (χ3v) is 9.44. The molecule has 0 spiro atoms. The molecule has 0 saturated heterocycles. The minimum atomic E-state index is -1.53. The third kappa shape index (κ3) is 12.1. The van der Waals surface area contributed by atoms with E-state index in [2.05, 4.69) is 53.7 Å². The fourth-order valence-electron chi connectivity index (χ4n) is 3.14. The van der Waals surface area contributed by atoms with Gasteiger partial charge in [-0.1, -0.05) is 82.6 Å². The van der Waals surface area contributed by atoms with Crippen molar-refractivity contribution in [3.05, 3.63) is 23.3 Å². The molecule has 0 amide bonds. The highest BCUT2D eigenvalue weighted by molar-refractivity contribution is 6.73. The molecular formula is C22H44OSi. The lowest BCUT2D eigenvalue weighted by molar-refractivity contribution is 0.334. The molecule has 0 atom stereocenters. The summed E-state index contributed by atoms with van der Waals surface area (Å²) in [6.07, 6.45) is 15.0. The number of unbranched alkanes of at least 4 members (excludes halogenated alkanes) is 3.